The number of aryl methyl sites for hydroxylation is 3. The Labute approximate surface area is 97.7 Å². The fraction of sp³-hybridized carbons (Fsp3) is 0.333. The zero-order valence-corrected chi connectivity index (χ0v) is 9.88. The molecule has 0 radical (unpaired) electrons. The topological polar surface area (TPSA) is 34.9 Å². The van der Waals surface area contributed by atoms with Crippen molar-refractivity contribution in [1.82, 2.24) is 9.78 Å². The molecule has 0 unspecified atom stereocenters. The lowest BCUT2D eigenvalue weighted by Crippen LogP contribution is -2.01. The predicted octanol–water partition coefficient (Wildman–Crippen LogP) is 2.20. The molecule has 82 valence electrons. The molecule has 0 spiro atoms. The fourth-order valence-electron chi connectivity index (χ4n) is 2.10. The van der Waals surface area contributed by atoms with Crippen molar-refractivity contribution in [2.45, 2.75) is 19.3 Å². The van der Waals surface area contributed by atoms with E-state index in [9.17, 15) is 4.79 Å². The van der Waals surface area contributed by atoms with E-state index in [2.05, 4.69) is 5.10 Å². The van der Waals surface area contributed by atoms with Crippen LogP contribution in [0.1, 0.15) is 32.2 Å². The van der Waals surface area contributed by atoms with E-state index in [0.29, 0.717) is 5.69 Å². The third kappa shape index (κ3) is 1.50. The summed E-state index contributed by atoms with van der Waals surface area (Å²) in [6, 6.07) is 3.82. The minimum Gasteiger partial charge on any atom is -0.286 e. The molecular formula is C12H12N2OS. The van der Waals surface area contributed by atoms with Crippen LogP contribution in [0.15, 0.2) is 18.3 Å². The van der Waals surface area contributed by atoms with E-state index in [-0.39, 0.29) is 5.78 Å². The zero-order valence-electron chi connectivity index (χ0n) is 9.06. The van der Waals surface area contributed by atoms with Gasteiger partial charge >= 0.3 is 0 Å². The van der Waals surface area contributed by atoms with Gasteiger partial charge in [-0.2, -0.15) is 5.10 Å². The number of aromatic nitrogens is 2. The van der Waals surface area contributed by atoms with Crippen LogP contribution in [0.4, 0.5) is 0 Å². The van der Waals surface area contributed by atoms with Crippen LogP contribution in [0, 0.1) is 0 Å². The van der Waals surface area contributed by atoms with Crippen molar-refractivity contribution in [3.05, 3.63) is 39.3 Å². The van der Waals surface area contributed by atoms with Crippen LogP contribution in [0.2, 0.25) is 0 Å². The van der Waals surface area contributed by atoms with Crippen molar-refractivity contribution in [2.24, 2.45) is 7.05 Å². The predicted molar refractivity (Wildman–Crippen MR) is 63.0 cm³/mol. The normalized spacial score (nSPS) is 14.1. The van der Waals surface area contributed by atoms with Crippen molar-refractivity contribution in [3.63, 3.8) is 0 Å². The molecule has 0 atom stereocenters. The monoisotopic (exact) mass is 232 g/mol. The average Bonchev–Trinajstić information content (AvgIpc) is 2.89. The van der Waals surface area contributed by atoms with Crippen molar-refractivity contribution in [3.8, 4) is 0 Å². The van der Waals surface area contributed by atoms with Gasteiger partial charge in [0.2, 0.25) is 5.78 Å². The number of rotatable bonds is 2. The van der Waals surface area contributed by atoms with Crippen LogP contribution in [0.25, 0.3) is 0 Å². The Morgan fingerprint density at radius 1 is 1.50 bits per heavy atom. The summed E-state index contributed by atoms with van der Waals surface area (Å²) in [6.07, 6.45) is 5.30. The summed E-state index contributed by atoms with van der Waals surface area (Å²) in [5, 5.41) is 4.14. The largest absolute Gasteiger partial charge is 0.286 e. The zero-order chi connectivity index (χ0) is 11.1. The van der Waals surface area contributed by atoms with E-state index >= 15 is 0 Å². The second-order valence-electron chi connectivity index (χ2n) is 4.12. The van der Waals surface area contributed by atoms with Gasteiger partial charge in [-0.05, 0) is 37.0 Å². The van der Waals surface area contributed by atoms with Gasteiger partial charge in [-0.25, -0.2) is 0 Å². The van der Waals surface area contributed by atoms with Gasteiger partial charge in [0.1, 0.15) is 5.69 Å². The highest BCUT2D eigenvalue weighted by Crippen LogP contribution is 2.31. The molecule has 0 aliphatic heterocycles. The number of carbonyl (C=O) groups is 1. The standard InChI is InChI=1S/C12H12N2OS/c1-14-6-5-9(13-14)12(15)11-7-8-3-2-4-10(8)16-11/h5-7H,2-4H2,1H3. The molecule has 0 N–H and O–H groups in total. The highest BCUT2D eigenvalue weighted by atomic mass is 32.1. The maximum atomic E-state index is 12.1. The summed E-state index contributed by atoms with van der Waals surface area (Å²) in [7, 11) is 1.82. The van der Waals surface area contributed by atoms with Gasteiger partial charge in [-0.1, -0.05) is 0 Å². The van der Waals surface area contributed by atoms with E-state index in [1.54, 1.807) is 28.3 Å². The van der Waals surface area contributed by atoms with E-state index in [4.69, 9.17) is 0 Å². The molecule has 0 amide bonds. The van der Waals surface area contributed by atoms with Crippen LogP contribution in [0.3, 0.4) is 0 Å². The van der Waals surface area contributed by atoms with Crippen molar-refractivity contribution < 1.29 is 4.79 Å². The maximum absolute atomic E-state index is 12.1. The lowest BCUT2D eigenvalue weighted by molar-refractivity contribution is 0.103. The quantitative estimate of drug-likeness (QED) is 0.744. The molecule has 3 rings (SSSR count). The molecule has 0 bridgehead atoms. The molecule has 0 aromatic carbocycles. The van der Waals surface area contributed by atoms with Crippen molar-refractivity contribution in [1.29, 1.82) is 0 Å². The number of carbonyl (C=O) groups excluding carboxylic acids is 1. The molecule has 1 aliphatic carbocycles. The molecule has 2 aromatic rings. The van der Waals surface area contributed by atoms with Gasteiger partial charge in [0.15, 0.2) is 0 Å². The van der Waals surface area contributed by atoms with Crippen LogP contribution in [-0.4, -0.2) is 15.6 Å². The third-order valence-electron chi connectivity index (χ3n) is 2.92. The Kier molecular flexibility index (Phi) is 2.17. The molecule has 1 aliphatic rings. The Morgan fingerprint density at radius 3 is 3.06 bits per heavy atom. The Morgan fingerprint density at radius 2 is 2.38 bits per heavy atom. The SMILES string of the molecule is Cn1ccc(C(=O)c2cc3c(s2)CCC3)n1. The third-order valence-corrected chi connectivity index (χ3v) is 4.15. The summed E-state index contributed by atoms with van der Waals surface area (Å²) in [4.78, 5) is 14.3. The van der Waals surface area contributed by atoms with Crippen LogP contribution in [-0.2, 0) is 19.9 Å². The minimum atomic E-state index is 0.0556. The summed E-state index contributed by atoms with van der Waals surface area (Å²) in [6.45, 7) is 0. The van der Waals surface area contributed by atoms with Gasteiger partial charge in [0.25, 0.3) is 0 Å². The van der Waals surface area contributed by atoms with Gasteiger partial charge < -0.3 is 0 Å². The molecule has 2 aromatic heterocycles. The first-order valence-electron chi connectivity index (χ1n) is 5.40. The number of ketones is 1. The molecular weight excluding hydrogens is 220 g/mol. The fourth-order valence-corrected chi connectivity index (χ4v) is 3.31. The summed E-state index contributed by atoms with van der Waals surface area (Å²) in [5.74, 6) is 0.0556. The maximum Gasteiger partial charge on any atom is 0.223 e. The first kappa shape index (κ1) is 9.78. The average molecular weight is 232 g/mol. The minimum absolute atomic E-state index is 0.0556. The molecule has 0 saturated heterocycles. The van der Waals surface area contributed by atoms with E-state index in [0.717, 1.165) is 17.7 Å². The van der Waals surface area contributed by atoms with Crippen LogP contribution < -0.4 is 0 Å². The van der Waals surface area contributed by atoms with Gasteiger partial charge in [-0.3, -0.25) is 9.48 Å². The molecule has 0 fully saturated rings. The lowest BCUT2D eigenvalue weighted by atomic mass is 10.2. The van der Waals surface area contributed by atoms with Crippen molar-refractivity contribution in [2.75, 3.05) is 0 Å². The second kappa shape index (κ2) is 3.56. The number of thiophene rings is 1. The Hall–Kier alpha value is -1.42. The van der Waals surface area contributed by atoms with E-state index in [1.165, 1.54) is 16.9 Å². The highest BCUT2D eigenvalue weighted by molar-refractivity contribution is 7.14. The summed E-state index contributed by atoms with van der Waals surface area (Å²) >= 11 is 1.64. The molecule has 2 heterocycles. The number of hydrogen-bond acceptors (Lipinski definition) is 3. The van der Waals surface area contributed by atoms with Crippen molar-refractivity contribution >= 4 is 17.1 Å². The number of nitrogens with zero attached hydrogens (tertiary/aromatic N) is 2. The van der Waals surface area contributed by atoms with Gasteiger partial charge in [-0.15, -0.1) is 11.3 Å². The molecule has 4 heteroatoms. The first-order valence-corrected chi connectivity index (χ1v) is 6.21. The Balaban J connectivity index is 1.95. The van der Waals surface area contributed by atoms with Gasteiger partial charge in [0.05, 0.1) is 4.88 Å². The van der Waals surface area contributed by atoms with Crippen LogP contribution >= 0.6 is 11.3 Å². The number of hydrogen-bond donors (Lipinski definition) is 0. The second-order valence-corrected chi connectivity index (χ2v) is 5.25. The first-order chi connectivity index (χ1) is 7.74. The lowest BCUT2D eigenvalue weighted by Gasteiger charge is -1.92. The van der Waals surface area contributed by atoms with Crippen LogP contribution in [0.5, 0.6) is 0 Å². The van der Waals surface area contributed by atoms with Gasteiger partial charge in [0, 0.05) is 18.1 Å². The number of fused-ring (bicyclic) bond motifs is 1. The molecule has 3 nitrogen and oxygen atoms in total. The van der Waals surface area contributed by atoms with E-state index in [1.807, 2.05) is 13.1 Å². The Bertz CT molecular complexity index is 532. The molecule has 0 saturated carbocycles. The summed E-state index contributed by atoms with van der Waals surface area (Å²) < 4.78 is 1.66. The van der Waals surface area contributed by atoms with E-state index < -0.39 is 0 Å². The molecule has 16 heavy (non-hydrogen) atoms. The summed E-state index contributed by atoms with van der Waals surface area (Å²) in [5.41, 5.74) is 1.91. The smallest absolute Gasteiger partial charge is 0.223 e. The highest BCUT2D eigenvalue weighted by Gasteiger charge is 2.20.